The molecule has 0 unspecified atom stereocenters. The van der Waals surface area contributed by atoms with Gasteiger partial charge in [-0.2, -0.15) is 0 Å². The fourth-order valence-electron chi connectivity index (χ4n) is 3.22. The maximum Gasteiger partial charge on any atom is 0.324 e. The number of carbonyl (C=O) groups excluding carboxylic acids is 1. The van der Waals surface area contributed by atoms with Crippen molar-refractivity contribution in [3.05, 3.63) is 94.5 Å². The van der Waals surface area contributed by atoms with Gasteiger partial charge in [0.25, 0.3) is 0 Å². The Labute approximate surface area is 155 Å². The highest BCUT2D eigenvalue weighted by molar-refractivity contribution is 7.16. The van der Waals surface area contributed by atoms with Gasteiger partial charge in [0.05, 0.1) is 0 Å². The van der Waals surface area contributed by atoms with Crippen LogP contribution < -0.4 is 0 Å². The summed E-state index contributed by atoms with van der Waals surface area (Å²) in [5, 5.41) is 0. The summed E-state index contributed by atoms with van der Waals surface area (Å²) in [5.41, 5.74) is 6.89. The zero-order chi connectivity index (χ0) is 19.1. The minimum atomic E-state index is -0.833. The number of ketones is 1. The molecule has 3 aromatic carbocycles. The van der Waals surface area contributed by atoms with Gasteiger partial charge in [0.2, 0.25) is 0 Å². The molecule has 0 aliphatic rings. The maximum atomic E-state index is 13.2. The Kier molecular flexibility index (Phi) is 6.97. The molecule has 0 saturated heterocycles. The monoisotopic (exact) mass is 364 g/mol. The largest absolute Gasteiger partial charge is 0.324 e. The summed E-state index contributed by atoms with van der Waals surface area (Å²) in [6.07, 6.45) is 0. The molecule has 4 heteroatoms. The number of benzene rings is 3. The lowest BCUT2D eigenvalue weighted by Gasteiger charge is -2.13. The molecule has 0 amide bonds. The number of carbonyl (C=O) groups is 1. The van der Waals surface area contributed by atoms with Gasteiger partial charge in [-0.3, -0.25) is 4.79 Å². The molecule has 0 spiro atoms. The van der Waals surface area contributed by atoms with Gasteiger partial charge in [-0.15, -0.1) is 0 Å². The average Bonchev–Trinajstić information content (AvgIpc) is 2.62. The second-order valence-corrected chi connectivity index (χ2v) is 6.26. The van der Waals surface area contributed by atoms with Crippen molar-refractivity contribution in [3.63, 3.8) is 0 Å². The first kappa shape index (κ1) is 19.7. The third-order valence-electron chi connectivity index (χ3n) is 4.16. The quantitative estimate of drug-likeness (QED) is 0.479. The van der Waals surface area contributed by atoms with Gasteiger partial charge in [-0.05, 0) is 43.0 Å². The van der Waals surface area contributed by atoms with E-state index in [9.17, 15) is 4.79 Å². The molecule has 132 valence electrons. The minimum absolute atomic E-state index is 0.0967. The van der Waals surface area contributed by atoms with Crippen molar-refractivity contribution in [2.75, 3.05) is 0 Å². The topological polar surface area (TPSA) is 54.4 Å². The van der Waals surface area contributed by atoms with Gasteiger partial charge in [0.1, 0.15) is 0 Å². The molecule has 0 atom stereocenters. The molecule has 0 aliphatic heterocycles. The molecule has 0 aromatic heterocycles. The number of hydrogen-bond donors (Lipinski definition) is 1. The fourth-order valence-corrected chi connectivity index (χ4v) is 3.22. The highest BCUT2D eigenvalue weighted by Gasteiger charge is 2.18. The smallest absolute Gasteiger partial charge is 0.310 e. The summed E-state index contributed by atoms with van der Waals surface area (Å²) in [6.45, 7) is 6.09. The van der Waals surface area contributed by atoms with E-state index in [1.165, 1.54) is 5.56 Å². The molecule has 3 aromatic rings. The third kappa shape index (κ3) is 4.51. The van der Waals surface area contributed by atoms with Crippen LogP contribution in [-0.2, 0) is 4.57 Å². The van der Waals surface area contributed by atoms with Crippen LogP contribution in [0.1, 0.15) is 32.6 Å². The van der Waals surface area contributed by atoms with E-state index in [4.69, 9.17) is 9.46 Å². The second kappa shape index (κ2) is 9.19. The van der Waals surface area contributed by atoms with Crippen LogP contribution in [0.4, 0.5) is 0 Å². The van der Waals surface area contributed by atoms with Crippen LogP contribution in [0, 0.1) is 20.8 Å². The molecule has 0 saturated carbocycles. The van der Waals surface area contributed by atoms with E-state index in [0.717, 1.165) is 33.4 Å². The Morgan fingerprint density at radius 2 is 1.35 bits per heavy atom. The second-order valence-electron chi connectivity index (χ2n) is 6.10. The Morgan fingerprint density at radius 3 is 1.92 bits per heavy atom. The third-order valence-corrected chi connectivity index (χ3v) is 4.16. The molecule has 0 fully saturated rings. The summed E-state index contributed by atoms with van der Waals surface area (Å²) < 4.78 is 8.46. The Balaban J connectivity index is 0.000000758. The van der Waals surface area contributed by atoms with E-state index in [1.807, 2.05) is 68.4 Å². The van der Waals surface area contributed by atoms with E-state index < -0.39 is 8.69 Å². The van der Waals surface area contributed by atoms with E-state index in [1.54, 1.807) is 0 Å². The molecular weight excluding hydrogens is 343 g/mol. The Hall–Kier alpha value is -2.61. The molecule has 3 rings (SSSR count). The van der Waals surface area contributed by atoms with Crippen molar-refractivity contribution in [1.82, 2.24) is 0 Å². The van der Waals surface area contributed by atoms with Gasteiger partial charge < -0.3 is 4.89 Å². The van der Waals surface area contributed by atoms with Crippen molar-refractivity contribution >= 4 is 14.5 Å². The first-order valence-corrected chi connectivity index (χ1v) is 8.99. The van der Waals surface area contributed by atoms with E-state index in [0.29, 0.717) is 0 Å². The molecule has 3 nitrogen and oxygen atoms in total. The fraction of sp³-hybridized carbons (Fsp3) is 0.136. The van der Waals surface area contributed by atoms with Crippen LogP contribution in [0.3, 0.4) is 0 Å². The van der Waals surface area contributed by atoms with Crippen LogP contribution >= 0.6 is 8.69 Å². The Morgan fingerprint density at radius 1 is 0.846 bits per heavy atom. The zero-order valence-electron chi connectivity index (χ0n) is 15.1. The summed E-state index contributed by atoms with van der Waals surface area (Å²) in [4.78, 5) is 20.2. The number of aryl methyl sites for hydroxylation is 3. The lowest BCUT2D eigenvalue weighted by Crippen LogP contribution is -2.08. The van der Waals surface area contributed by atoms with Crippen LogP contribution in [0.2, 0.25) is 0 Å². The van der Waals surface area contributed by atoms with Gasteiger partial charge in [0, 0.05) is 11.1 Å². The van der Waals surface area contributed by atoms with E-state index in [-0.39, 0.29) is 5.78 Å². The SMILES string of the molecule is Cc1cc(C)c(C(=O)c2ccccc2-c2ccccc2)c(C)c1.O=PO. The van der Waals surface area contributed by atoms with Crippen LogP contribution in [0.15, 0.2) is 66.7 Å². The lowest BCUT2D eigenvalue weighted by molar-refractivity contribution is 0.103. The molecule has 26 heavy (non-hydrogen) atoms. The van der Waals surface area contributed by atoms with E-state index in [2.05, 4.69) is 19.1 Å². The Bertz CT molecular complexity index is 895. The molecule has 0 radical (unpaired) electrons. The average molecular weight is 364 g/mol. The van der Waals surface area contributed by atoms with E-state index >= 15 is 0 Å². The summed E-state index contributed by atoms with van der Waals surface area (Å²) >= 11 is 0. The number of rotatable bonds is 3. The first-order chi connectivity index (χ1) is 12.5. The van der Waals surface area contributed by atoms with Crippen LogP contribution in [0.25, 0.3) is 11.1 Å². The van der Waals surface area contributed by atoms with Crippen LogP contribution in [0.5, 0.6) is 0 Å². The minimum Gasteiger partial charge on any atom is -0.310 e. The normalized spacial score (nSPS) is 10.2. The molecule has 0 aliphatic carbocycles. The van der Waals surface area contributed by atoms with Gasteiger partial charge >= 0.3 is 8.69 Å². The summed E-state index contributed by atoms with van der Waals surface area (Å²) in [7, 11) is -0.833. The van der Waals surface area contributed by atoms with Crippen LogP contribution in [-0.4, -0.2) is 10.7 Å². The van der Waals surface area contributed by atoms with Gasteiger partial charge in [-0.1, -0.05) is 72.3 Å². The highest BCUT2D eigenvalue weighted by Crippen LogP contribution is 2.28. The van der Waals surface area contributed by atoms with Gasteiger partial charge in [0.15, 0.2) is 5.78 Å². The van der Waals surface area contributed by atoms with Gasteiger partial charge in [-0.25, -0.2) is 4.57 Å². The highest BCUT2D eigenvalue weighted by atomic mass is 31.1. The molecule has 0 bridgehead atoms. The molecule has 0 heterocycles. The molecule has 1 N–H and O–H groups in total. The predicted octanol–water partition coefficient (Wildman–Crippen LogP) is 5.70. The summed E-state index contributed by atoms with van der Waals surface area (Å²) in [6, 6.07) is 22.1. The van der Waals surface area contributed by atoms with Crippen molar-refractivity contribution in [2.24, 2.45) is 0 Å². The summed E-state index contributed by atoms with van der Waals surface area (Å²) in [5.74, 6) is 0.0967. The van der Waals surface area contributed by atoms with Crippen molar-refractivity contribution in [1.29, 1.82) is 0 Å². The predicted molar refractivity (Wildman–Crippen MR) is 106 cm³/mol. The van der Waals surface area contributed by atoms with Crippen molar-refractivity contribution in [2.45, 2.75) is 20.8 Å². The maximum absolute atomic E-state index is 13.2. The van der Waals surface area contributed by atoms with Crippen molar-refractivity contribution < 1.29 is 14.3 Å². The van der Waals surface area contributed by atoms with Crippen molar-refractivity contribution in [3.8, 4) is 11.1 Å². The number of hydrogen-bond acceptors (Lipinski definition) is 2. The zero-order valence-corrected chi connectivity index (χ0v) is 16.0. The first-order valence-electron chi connectivity index (χ1n) is 8.23. The molecular formula is C22H21O3P. The standard InChI is InChI=1S/C22H20O.HO2P/c1-15-13-16(2)21(17(3)14-15)22(23)20-12-8-7-11-19(20)18-9-5-4-6-10-18;1-3-2/h4-14H,1-3H3;(H,1,2). The lowest BCUT2D eigenvalue weighted by atomic mass is 9.89.